The van der Waals surface area contributed by atoms with Crippen molar-refractivity contribution in [3.63, 3.8) is 0 Å². The lowest BCUT2D eigenvalue weighted by molar-refractivity contribution is 0.0797. The Morgan fingerprint density at radius 1 is 1.26 bits per heavy atom. The van der Waals surface area contributed by atoms with Crippen LogP contribution in [0.15, 0.2) is 60.7 Å². The molecule has 1 amide bonds. The van der Waals surface area contributed by atoms with Gasteiger partial charge in [-0.1, -0.05) is 72.6 Å². The van der Waals surface area contributed by atoms with Crippen molar-refractivity contribution in [3.8, 4) is 11.3 Å². The molecule has 2 heterocycles. The molecule has 2 unspecified atom stereocenters. The van der Waals surface area contributed by atoms with Crippen molar-refractivity contribution in [2.75, 3.05) is 13.1 Å². The van der Waals surface area contributed by atoms with Gasteiger partial charge in [0.25, 0.3) is 5.91 Å². The molecule has 0 spiro atoms. The zero-order chi connectivity index (χ0) is 22.0. The van der Waals surface area contributed by atoms with Crippen molar-refractivity contribution < 1.29 is 4.79 Å². The summed E-state index contributed by atoms with van der Waals surface area (Å²) in [6.45, 7) is 3.41. The fraction of sp³-hybridized carbons (Fsp3) is 0.304. The molecule has 1 aliphatic heterocycles. The minimum Gasteiger partial charge on any atom is -0.283 e. The molecule has 1 aromatic carbocycles. The zero-order valence-corrected chi connectivity index (χ0v) is 19.3. The highest BCUT2D eigenvalue weighted by Gasteiger charge is 2.40. The van der Waals surface area contributed by atoms with E-state index in [9.17, 15) is 4.79 Å². The Balaban J connectivity index is 1.84. The molecule has 0 saturated carbocycles. The molecule has 1 aromatic heterocycles. The van der Waals surface area contributed by atoms with Crippen molar-refractivity contribution in [2.45, 2.75) is 30.1 Å². The van der Waals surface area contributed by atoms with Gasteiger partial charge in [0.15, 0.2) is 10.7 Å². The summed E-state index contributed by atoms with van der Waals surface area (Å²) in [6.07, 6.45) is 12.9. The SMILES string of the molecule is CCc1c(C(=O)NN2CC=CCC2)nn(C2(Cl)C=CC=CC2Cl)c1-c1ccc(Cl)cc1. The largest absolute Gasteiger partial charge is 0.286 e. The number of nitrogens with zero attached hydrogens (tertiary/aromatic N) is 3. The lowest BCUT2D eigenvalue weighted by Crippen LogP contribution is -2.44. The number of hydrogen-bond donors (Lipinski definition) is 1. The van der Waals surface area contributed by atoms with Crippen LogP contribution >= 0.6 is 34.8 Å². The van der Waals surface area contributed by atoms with E-state index in [4.69, 9.17) is 39.9 Å². The van der Waals surface area contributed by atoms with Gasteiger partial charge in [0.1, 0.15) is 0 Å². The number of allylic oxidation sites excluding steroid dienone is 4. The summed E-state index contributed by atoms with van der Waals surface area (Å²) >= 11 is 19.8. The molecule has 0 bridgehead atoms. The molecule has 0 saturated heterocycles. The number of nitrogens with one attached hydrogen (secondary N) is 1. The molecule has 2 aromatic rings. The fourth-order valence-corrected chi connectivity index (χ4v) is 4.47. The maximum absolute atomic E-state index is 13.2. The molecule has 0 radical (unpaired) electrons. The Bertz CT molecular complexity index is 1060. The van der Waals surface area contributed by atoms with Crippen LogP contribution in [-0.2, 0) is 11.4 Å². The Hall–Kier alpha value is -2.05. The van der Waals surface area contributed by atoms with E-state index in [2.05, 4.69) is 11.5 Å². The Labute approximate surface area is 196 Å². The van der Waals surface area contributed by atoms with Crippen LogP contribution in [0.4, 0.5) is 0 Å². The van der Waals surface area contributed by atoms with Crippen molar-refractivity contribution >= 4 is 40.7 Å². The van der Waals surface area contributed by atoms with Gasteiger partial charge in [-0.2, -0.15) is 5.10 Å². The smallest absolute Gasteiger partial charge is 0.283 e. The summed E-state index contributed by atoms with van der Waals surface area (Å²) in [5.41, 5.74) is 5.74. The molecular weight excluding hydrogens is 455 g/mol. The number of halogens is 3. The number of amides is 1. The van der Waals surface area contributed by atoms with Crippen LogP contribution in [0.1, 0.15) is 29.4 Å². The second-order valence-corrected chi connectivity index (χ2v) is 8.98. The van der Waals surface area contributed by atoms with Crippen LogP contribution < -0.4 is 5.43 Å². The van der Waals surface area contributed by atoms with Gasteiger partial charge in [-0.15, -0.1) is 11.6 Å². The number of carbonyl (C=O) groups is 1. The summed E-state index contributed by atoms with van der Waals surface area (Å²) in [5, 5.41) is 6.68. The van der Waals surface area contributed by atoms with E-state index in [1.54, 1.807) is 10.8 Å². The van der Waals surface area contributed by atoms with Crippen LogP contribution in [0.3, 0.4) is 0 Å². The average molecular weight is 478 g/mol. The Morgan fingerprint density at radius 3 is 2.68 bits per heavy atom. The molecule has 2 aliphatic rings. The number of hydrogen-bond acceptors (Lipinski definition) is 3. The van der Waals surface area contributed by atoms with Gasteiger partial charge >= 0.3 is 0 Å². The third-order valence-corrected chi connectivity index (χ3v) is 6.78. The molecule has 5 nitrogen and oxygen atoms in total. The van der Waals surface area contributed by atoms with E-state index in [1.807, 2.05) is 60.5 Å². The van der Waals surface area contributed by atoms with Crippen molar-refractivity contribution in [2.24, 2.45) is 0 Å². The number of carbonyl (C=O) groups excluding carboxylic acids is 1. The first-order valence-electron chi connectivity index (χ1n) is 10.2. The van der Waals surface area contributed by atoms with E-state index in [-0.39, 0.29) is 5.91 Å². The van der Waals surface area contributed by atoms with E-state index in [0.29, 0.717) is 23.7 Å². The van der Waals surface area contributed by atoms with E-state index in [0.717, 1.165) is 29.8 Å². The summed E-state index contributed by atoms with van der Waals surface area (Å²) in [6, 6.07) is 7.42. The molecular formula is C23H23Cl3N4O. The van der Waals surface area contributed by atoms with Crippen LogP contribution in [-0.4, -0.2) is 39.2 Å². The summed E-state index contributed by atoms with van der Waals surface area (Å²) in [5.74, 6) is -0.261. The molecule has 4 rings (SSSR count). The standard InChI is InChI=1S/C23H23Cl3N4O/c1-2-18-20(22(31)28-29-14-6-3-7-15-29)27-30(23(26)13-5-4-8-19(23)25)21(18)16-9-11-17(24)12-10-16/h3-6,8-13,19H,2,7,14-15H2,1H3,(H,28,31). The maximum Gasteiger partial charge on any atom is 0.286 e. The summed E-state index contributed by atoms with van der Waals surface area (Å²) in [4.78, 5) is 12.1. The van der Waals surface area contributed by atoms with Gasteiger partial charge in [0, 0.05) is 29.2 Å². The second kappa shape index (κ2) is 9.21. The lowest BCUT2D eigenvalue weighted by atomic mass is 10.0. The van der Waals surface area contributed by atoms with Crippen LogP contribution in [0.25, 0.3) is 11.3 Å². The minimum atomic E-state index is -1.15. The van der Waals surface area contributed by atoms with Crippen molar-refractivity contribution in [1.82, 2.24) is 20.2 Å². The first kappa shape index (κ1) is 22.2. The Kier molecular flexibility index (Phi) is 6.58. The van der Waals surface area contributed by atoms with Gasteiger partial charge in [0.2, 0.25) is 0 Å². The molecule has 1 N–H and O–H groups in total. The first-order chi connectivity index (χ1) is 14.9. The Morgan fingerprint density at radius 2 is 2.03 bits per heavy atom. The number of hydrazine groups is 1. The predicted molar refractivity (Wildman–Crippen MR) is 127 cm³/mol. The lowest BCUT2D eigenvalue weighted by Gasteiger charge is -2.31. The maximum atomic E-state index is 13.2. The predicted octanol–water partition coefficient (Wildman–Crippen LogP) is 5.30. The van der Waals surface area contributed by atoms with Crippen molar-refractivity contribution in [1.29, 1.82) is 0 Å². The normalized spacial score (nSPS) is 23.3. The molecule has 162 valence electrons. The highest BCUT2D eigenvalue weighted by Crippen LogP contribution is 2.40. The van der Waals surface area contributed by atoms with Crippen molar-refractivity contribution in [3.05, 3.63) is 77.0 Å². The molecule has 1 aliphatic carbocycles. The summed E-state index contributed by atoms with van der Waals surface area (Å²) < 4.78 is 1.67. The van der Waals surface area contributed by atoms with E-state index < -0.39 is 10.4 Å². The molecule has 2 atom stereocenters. The highest BCUT2D eigenvalue weighted by atomic mass is 35.5. The highest BCUT2D eigenvalue weighted by molar-refractivity contribution is 6.33. The first-order valence-corrected chi connectivity index (χ1v) is 11.4. The quantitative estimate of drug-likeness (QED) is 0.470. The van der Waals surface area contributed by atoms with Gasteiger partial charge in [-0.25, -0.2) is 9.69 Å². The van der Waals surface area contributed by atoms with E-state index in [1.165, 1.54) is 0 Å². The van der Waals surface area contributed by atoms with Crippen LogP contribution in [0.5, 0.6) is 0 Å². The number of alkyl halides is 2. The fourth-order valence-electron chi connectivity index (χ4n) is 3.83. The van der Waals surface area contributed by atoms with Gasteiger partial charge in [-0.3, -0.25) is 10.2 Å². The summed E-state index contributed by atoms with van der Waals surface area (Å²) in [7, 11) is 0. The second-order valence-electron chi connectivity index (χ2n) is 7.47. The van der Waals surface area contributed by atoms with E-state index >= 15 is 0 Å². The zero-order valence-electron chi connectivity index (χ0n) is 17.1. The van der Waals surface area contributed by atoms with Gasteiger partial charge in [-0.05, 0) is 31.1 Å². The van der Waals surface area contributed by atoms with Crippen LogP contribution in [0.2, 0.25) is 5.02 Å². The number of aromatic nitrogens is 2. The van der Waals surface area contributed by atoms with Gasteiger partial charge in [0.05, 0.1) is 11.1 Å². The monoisotopic (exact) mass is 476 g/mol. The third kappa shape index (κ3) is 4.33. The molecule has 0 fully saturated rings. The topological polar surface area (TPSA) is 50.2 Å². The third-order valence-electron chi connectivity index (χ3n) is 5.42. The van der Waals surface area contributed by atoms with Crippen LogP contribution in [0, 0.1) is 0 Å². The minimum absolute atomic E-state index is 0.261. The number of rotatable bonds is 5. The average Bonchev–Trinajstić information content (AvgIpc) is 3.17. The molecule has 31 heavy (non-hydrogen) atoms. The molecule has 8 heteroatoms. The van der Waals surface area contributed by atoms with Gasteiger partial charge < -0.3 is 0 Å². The number of benzene rings is 1.